The van der Waals surface area contributed by atoms with E-state index >= 15 is 0 Å². The molecule has 0 fully saturated rings. The van der Waals surface area contributed by atoms with E-state index in [9.17, 15) is 19.7 Å². The van der Waals surface area contributed by atoms with Crippen molar-refractivity contribution < 1.29 is 24.4 Å². The highest BCUT2D eigenvalue weighted by Crippen LogP contribution is 2.28. The zero-order valence-electron chi connectivity index (χ0n) is 12.6. The van der Waals surface area contributed by atoms with Gasteiger partial charge in [-0.2, -0.15) is 0 Å². The van der Waals surface area contributed by atoms with Gasteiger partial charge in [-0.05, 0) is 34.7 Å². The van der Waals surface area contributed by atoms with Gasteiger partial charge in [0.1, 0.15) is 5.70 Å². The maximum atomic E-state index is 12.4. The van der Waals surface area contributed by atoms with Crippen molar-refractivity contribution >= 4 is 45.8 Å². The Balaban J connectivity index is 2.37. The lowest BCUT2D eigenvalue weighted by molar-refractivity contribution is -0.385. The normalized spacial score (nSPS) is 14.1. The molecule has 9 nitrogen and oxygen atoms in total. The van der Waals surface area contributed by atoms with Gasteiger partial charge in [0.2, 0.25) is 0 Å². The minimum atomic E-state index is -0.675. The van der Waals surface area contributed by atoms with Crippen LogP contribution in [0.25, 0.3) is 0 Å². The molecule has 0 saturated carbocycles. The van der Waals surface area contributed by atoms with Gasteiger partial charge in [-0.25, -0.2) is 4.79 Å². The number of anilines is 1. The topological polar surface area (TPSA) is 122 Å². The summed E-state index contributed by atoms with van der Waals surface area (Å²) in [5, 5.41) is 22.8. The van der Waals surface area contributed by atoms with Gasteiger partial charge in [-0.15, -0.1) is 0 Å². The van der Waals surface area contributed by atoms with Gasteiger partial charge in [0, 0.05) is 18.3 Å². The van der Waals surface area contributed by atoms with E-state index in [-0.39, 0.29) is 36.7 Å². The van der Waals surface area contributed by atoms with Crippen LogP contribution in [0.1, 0.15) is 0 Å². The first-order chi connectivity index (χ1) is 11.4. The fourth-order valence-electron chi connectivity index (χ4n) is 2.22. The number of esters is 1. The number of aliphatic hydroxyl groups is 1. The summed E-state index contributed by atoms with van der Waals surface area (Å²) in [7, 11) is 1.20. The van der Waals surface area contributed by atoms with E-state index in [0.29, 0.717) is 9.26 Å². The summed E-state index contributed by atoms with van der Waals surface area (Å²) < 4.78 is 5.12. The number of methoxy groups -OCH3 is 1. The molecule has 0 spiro atoms. The molecule has 1 aliphatic heterocycles. The van der Waals surface area contributed by atoms with Crippen molar-refractivity contribution in [1.82, 2.24) is 4.90 Å². The Labute approximate surface area is 150 Å². The van der Waals surface area contributed by atoms with Crippen molar-refractivity contribution in [3.8, 4) is 0 Å². The number of nitrogens with zero attached hydrogens (tertiary/aromatic N) is 2. The second-order valence-corrected chi connectivity index (χ2v) is 6.01. The van der Waals surface area contributed by atoms with Gasteiger partial charge in [0.25, 0.3) is 11.6 Å². The summed E-state index contributed by atoms with van der Waals surface area (Å²) in [5.41, 5.74) is 0.291. The molecule has 128 valence electrons. The van der Waals surface area contributed by atoms with Crippen molar-refractivity contribution in [1.29, 1.82) is 0 Å². The number of ether oxygens (including phenoxy) is 1. The van der Waals surface area contributed by atoms with Crippen LogP contribution in [0.3, 0.4) is 0 Å². The number of hydrogen-bond donors (Lipinski definition) is 2. The molecule has 1 aromatic rings. The second kappa shape index (κ2) is 7.57. The highest BCUT2D eigenvalue weighted by atomic mass is 127. The van der Waals surface area contributed by atoms with E-state index in [4.69, 9.17) is 5.11 Å². The zero-order valence-corrected chi connectivity index (χ0v) is 14.8. The molecular weight excluding hydrogens is 433 g/mol. The van der Waals surface area contributed by atoms with Gasteiger partial charge in [-0.3, -0.25) is 14.9 Å². The summed E-state index contributed by atoms with van der Waals surface area (Å²) in [6, 6.07) is 4.38. The Morgan fingerprint density at radius 3 is 2.83 bits per heavy atom. The first-order valence-electron chi connectivity index (χ1n) is 6.81. The van der Waals surface area contributed by atoms with E-state index in [1.807, 2.05) is 22.6 Å². The summed E-state index contributed by atoms with van der Waals surface area (Å²) in [4.78, 5) is 36.0. The number of nitro groups is 1. The quantitative estimate of drug-likeness (QED) is 0.287. The first-order valence-corrected chi connectivity index (χ1v) is 7.89. The number of amides is 1. The molecule has 0 radical (unpaired) electrons. The number of nitro benzene ring substituents is 1. The Morgan fingerprint density at radius 2 is 2.25 bits per heavy atom. The molecule has 0 bridgehead atoms. The van der Waals surface area contributed by atoms with Gasteiger partial charge in [-0.1, -0.05) is 0 Å². The van der Waals surface area contributed by atoms with Gasteiger partial charge in [0.15, 0.2) is 0 Å². The molecule has 2 N–H and O–H groups in total. The number of hydrogen-bond acceptors (Lipinski definition) is 7. The molecule has 0 atom stereocenters. The fourth-order valence-corrected chi connectivity index (χ4v) is 2.76. The van der Waals surface area contributed by atoms with Crippen molar-refractivity contribution in [3.63, 3.8) is 0 Å². The molecule has 2 rings (SSSR count). The maximum Gasteiger partial charge on any atom is 0.337 e. The van der Waals surface area contributed by atoms with E-state index in [1.165, 1.54) is 24.1 Å². The molecule has 1 aliphatic rings. The molecule has 10 heteroatoms. The molecule has 0 aliphatic carbocycles. The van der Waals surface area contributed by atoms with Crippen LogP contribution in [0.5, 0.6) is 0 Å². The third kappa shape index (κ3) is 3.64. The van der Waals surface area contributed by atoms with Crippen LogP contribution in [0.4, 0.5) is 11.4 Å². The molecule has 1 aromatic carbocycles. The zero-order chi connectivity index (χ0) is 17.9. The lowest BCUT2D eigenvalue weighted by atomic mass is 10.2. The Bertz CT molecular complexity index is 733. The third-order valence-electron chi connectivity index (χ3n) is 3.37. The van der Waals surface area contributed by atoms with Crippen LogP contribution < -0.4 is 5.32 Å². The summed E-state index contributed by atoms with van der Waals surface area (Å²) in [6.45, 7) is -0.180. The summed E-state index contributed by atoms with van der Waals surface area (Å²) in [6.07, 6.45) is 0. The lowest BCUT2D eigenvalue weighted by Crippen LogP contribution is -2.31. The fraction of sp³-hybridized carbons (Fsp3) is 0.286. The number of aliphatic hydroxyl groups excluding tert-OH is 1. The van der Waals surface area contributed by atoms with Gasteiger partial charge >= 0.3 is 5.97 Å². The van der Waals surface area contributed by atoms with Crippen molar-refractivity contribution in [2.45, 2.75) is 0 Å². The highest BCUT2D eigenvalue weighted by Gasteiger charge is 2.34. The SMILES string of the molecule is COC(=O)C1=C(Nc2ccc(I)c([N+](=O)[O-])c2)C(=O)N(CCO)C1. The van der Waals surface area contributed by atoms with Crippen molar-refractivity contribution in [3.05, 3.63) is 43.2 Å². The minimum Gasteiger partial charge on any atom is -0.466 e. The van der Waals surface area contributed by atoms with E-state index in [0.717, 1.165) is 0 Å². The monoisotopic (exact) mass is 447 g/mol. The van der Waals surface area contributed by atoms with Crippen molar-refractivity contribution in [2.24, 2.45) is 0 Å². The molecular formula is C14H14IN3O6. The lowest BCUT2D eigenvalue weighted by Gasteiger charge is -2.15. The minimum absolute atomic E-state index is 0.000854. The number of β-amino-alcohol motifs (C(OH)–C–C–N with tert-alkyl or cyclic N) is 1. The second-order valence-electron chi connectivity index (χ2n) is 4.84. The Morgan fingerprint density at radius 1 is 1.54 bits per heavy atom. The van der Waals surface area contributed by atoms with Crippen LogP contribution in [0, 0.1) is 13.7 Å². The number of carbonyl (C=O) groups is 2. The maximum absolute atomic E-state index is 12.4. The average molecular weight is 447 g/mol. The molecule has 0 unspecified atom stereocenters. The largest absolute Gasteiger partial charge is 0.466 e. The van der Waals surface area contributed by atoms with E-state index in [1.54, 1.807) is 6.07 Å². The van der Waals surface area contributed by atoms with Crippen LogP contribution >= 0.6 is 22.6 Å². The average Bonchev–Trinajstić information content (AvgIpc) is 2.85. The van der Waals surface area contributed by atoms with Crippen LogP contribution in [-0.2, 0) is 14.3 Å². The molecule has 0 aromatic heterocycles. The molecule has 1 heterocycles. The Hall–Kier alpha value is -2.21. The van der Waals surface area contributed by atoms with Crippen LogP contribution in [0.2, 0.25) is 0 Å². The smallest absolute Gasteiger partial charge is 0.337 e. The molecule has 0 saturated heterocycles. The number of rotatable bonds is 6. The van der Waals surface area contributed by atoms with E-state index < -0.39 is 16.8 Å². The predicted molar refractivity (Wildman–Crippen MR) is 92.1 cm³/mol. The molecule has 1 amide bonds. The predicted octanol–water partition coefficient (Wildman–Crippen LogP) is 0.873. The number of nitrogens with one attached hydrogen (secondary N) is 1. The van der Waals surface area contributed by atoms with Crippen LogP contribution in [-0.4, -0.2) is 53.6 Å². The van der Waals surface area contributed by atoms with Gasteiger partial charge in [0.05, 0.1) is 34.3 Å². The first kappa shape index (κ1) is 18.1. The number of carbonyl (C=O) groups excluding carboxylic acids is 2. The summed E-state index contributed by atoms with van der Waals surface area (Å²) >= 11 is 1.84. The standard InChI is InChI=1S/C14H14IN3O6/c1-24-14(21)9-7-17(4-5-19)13(20)12(9)16-8-2-3-10(15)11(6-8)18(22)23/h2-3,6,16,19H,4-5,7H2,1H3. The Kier molecular flexibility index (Phi) is 5.72. The highest BCUT2D eigenvalue weighted by molar-refractivity contribution is 14.1. The van der Waals surface area contributed by atoms with Gasteiger partial charge < -0.3 is 20.1 Å². The number of benzene rings is 1. The third-order valence-corrected chi connectivity index (χ3v) is 4.28. The number of halogens is 1. The van der Waals surface area contributed by atoms with E-state index in [2.05, 4.69) is 10.1 Å². The molecule has 24 heavy (non-hydrogen) atoms. The van der Waals surface area contributed by atoms with Crippen LogP contribution in [0.15, 0.2) is 29.5 Å². The van der Waals surface area contributed by atoms with Crippen molar-refractivity contribution in [2.75, 3.05) is 32.1 Å². The summed E-state index contributed by atoms with van der Waals surface area (Å²) in [5.74, 6) is -1.16.